The third kappa shape index (κ3) is 25.3. The van der Waals surface area contributed by atoms with Gasteiger partial charge < -0.3 is 34.3 Å². The van der Waals surface area contributed by atoms with Crippen molar-refractivity contribution in [1.82, 2.24) is 0 Å². The Balaban J connectivity index is 2.50. The monoisotopic (exact) mass is 750 g/mol. The fraction of sp³-hybridized carbons (Fsp3) is 0.868. The summed E-state index contributed by atoms with van der Waals surface area (Å²) in [5.41, 5.74) is 0. The second-order valence-electron chi connectivity index (χ2n) is 13.5. The minimum Gasteiger partial charge on any atom is -0.457 e. The number of aliphatic hydroxyl groups excluding tert-OH is 3. The first-order valence-corrected chi connectivity index (χ1v) is 21.0. The zero-order valence-corrected chi connectivity index (χ0v) is 32.2. The van der Waals surface area contributed by atoms with Crippen LogP contribution in [0.2, 0.25) is 0 Å². The highest BCUT2D eigenvalue weighted by molar-refractivity contribution is 7.80. The molecular formula is C38H70O12S. The minimum absolute atomic E-state index is 0.0296. The summed E-state index contributed by atoms with van der Waals surface area (Å²) in [5, 5.41) is 30.5. The number of ether oxygens (including phenoxy) is 4. The van der Waals surface area contributed by atoms with Gasteiger partial charge in [-0.15, -0.1) is 0 Å². The summed E-state index contributed by atoms with van der Waals surface area (Å²) >= 11 is 0. The highest BCUT2D eigenvalue weighted by Crippen LogP contribution is 2.26. The van der Waals surface area contributed by atoms with Crippen LogP contribution in [0, 0.1) is 0 Å². The number of rotatable bonds is 33. The van der Waals surface area contributed by atoms with E-state index in [-0.39, 0.29) is 19.6 Å². The van der Waals surface area contributed by atoms with Gasteiger partial charge in [-0.25, -0.2) is 4.18 Å². The molecule has 0 saturated carbocycles. The molecule has 4 N–H and O–H groups in total. The Bertz CT molecular complexity index is 1000. The second-order valence-corrected chi connectivity index (χ2v) is 14.6. The highest BCUT2D eigenvalue weighted by Gasteiger charge is 2.48. The van der Waals surface area contributed by atoms with E-state index in [0.717, 1.165) is 70.6 Å². The lowest BCUT2D eigenvalue weighted by atomic mass is 9.99. The summed E-state index contributed by atoms with van der Waals surface area (Å²) < 4.78 is 58.7. The summed E-state index contributed by atoms with van der Waals surface area (Å²) in [5.74, 6) is -0.414. The Morgan fingerprint density at radius 2 is 1.27 bits per heavy atom. The van der Waals surface area contributed by atoms with Gasteiger partial charge in [0.05, 0.1) is 19.8 Å². The number of esters is 1. The van der Waals surface area contributed by atoms with Crippen LogP contribution in [0.5, 0.6) is 0 Å². The van der Waals surface area contributed by atoms with E-state index < -0.39 is 59.8 Å². The molecule has 51 heavy (non-hydrogen) atoms. The van der Waals surface area contributed by atoms with Crippen molar-refractivity contribution in [3.63, 3.8) is 0 Å². The predicted octanol–water partition coefficient (Wildman–Crippen LogP) is 6.90. The van der Waals surface area contributed by atoms with Crippen LogP contribution in [-0.4, -0.2) is 97.5 Å². The van der Waals surface area contributed by atoms with Crippen LogP contribution in [0.3, 0.4) is 0 Å². The Labute approximate surface area is 308 Å². The largest absolute Gasteiger partial charge is 0.457 e. The zero-order chi connectivity index (χ0) is 37.6. The lowest BCUT2D eigenvalue weighted by Gasteiger charge is -2.41. The van der Waals surface area contributed by atoms with Gasteiger partial charge in [-0.05, 0) is 57.8 Å². The topological polar surface area (TPSA) is 178 Å². The van der Waals surface area contributed by atoms with Gasteiger partial charge in [-0.1, -0.05) is 109 Å². The van der Waals surface area contributed by atoms with Crippen molar-refractivity contribution >= 4 is 16.4 Å². The van der Waals surface area contributed by atoms with Gasteiger partial charge in [0.2, 0.25) is 0 Å². The van der Waals surface area contributed by atoms with Crippen LogP contribution in [0.25, 0.3) is 0 Å². The number of carbonyl (C=O) groups is 1. The van der Waals surface area contributed by atoms with Crippen LogP contribution in [0.1, 0.15) is 149 Å². The molecule has 6 atom stereocenters. The molecular weight excluding hydrogens is 680 g/mol. The first kappa shape index (κ1) is 47.6. The first-order chi connectivity index (χ1) is 24.6. The molecule has 1 aliphatic heterocycles. The highest BCUT2D eigenvalue weighted by atomic mass is 32.3. The van der Waals surface area contributed by atoms with Crippen molar-refractivity contribution in [3.05, 3.63) is 24.3 Å². The summed E-state index contributed by atoms with van der Waals surface area (Å²) in [7, 11) is -5.06. The van der Waals surface area contributed by atoms with Crippen LogP contribution in [-0.2, 0) is 38.3 Å². The summed E-state index contributed by atoms with van der Waals surface area (Å²) in [6.45, 7) is 3.86. The third-order valence-corrected chi connectivity index (χ3v) is 9.24. The molecule has 1 aliphatic rings. The molecule has 1 saturated heterocycles. The van der Waals surface area contributed by atoms with Gasteiger partial charge in [-0.3, -0.25) is 9.35 Å². The van der Waals surface area contributed by atoms with E-state index in [2.05, 4.69) is 42.3 Å². The maximum Gasteiger partial charge on any atom is 0.397 e. The Morgan fingerprint density at radius 3 is 1.84 bits per heavy atom. The number of hydrogen-bond donors (Lipinski definition) is 4. The zero-order valence-electron chi connectivity index (χ0n) is 31.4. The van der Waals surface area contributed by atoms with Crippen LogP contribution >= 0.6 is 0 Å². The van der Waals surface area contributed by atoms with Gasteiger partial charge in [0, 0.05) is 13.0 Å². The van der Waals surface area contributed by atoms with E-state index in [0.29, 0.717) is 13.0 Å². The molecule has 0 aromatic carbocycles. The molecule has 1 rings (SSSR count). The Kier molecular flexibility index (Phi) is 28.9. The summed E-state index contributed by atoms with van der Waals surface area (Å²) in [6, 6.07) is 0. The van der Waals surface area contributed by atoms with Gasteiger partial charge in [-0.2, -0.15) is 8.42 Å². The summed E-state index contributed by atoms with van der Waals surface area (Å²) in [6.07, 6.45) is 22.3. The molecule has 12 nitrogen and oxygen atoms in total. The van der Waals surface area contributed by atoms with Gasteiger partial charge >= 0.3 is 16.4 Å². The SMILES string of the molecule is CCC/C=C\CCCCCCCC(=O)OC(COCCCCCCCC/C=C\CCCCCC)COC1OC(CO)C(O)C(OS(=O)(=O)O)C1O. The molecule has 0 aliphatic carbocycles. The van der Waals surface area contributed by atoms with E-state index in [1.165, 1.54) is 51.4 Å². The predicted molar refractivity (Wildman–Crippen MR) is 197 cm³/mol. The Morgan fingerprint density at radius 1 is 0.725 bits per heavy atom. The molecule has 0 aromatic rings. The van der Waals surface area contributed by atoms with Gasteiger partial charge in [0.15, 0.2) is 6.29 Å². The van der Waals surface area contributed by atoms with Crippen molar-refractivity contribution in [1.29, 1.82) is 0 Å². The van der Waals surface area contributed by atoms with Crippen LogP contribution in [0.4, 0.5) is 0 Å². The van der Waals surface area contributed by atoms with E-state index in [1.54, 1.807) is 0 Å². The molecule has 300 valence electrons. The normalized spacial score (nSPS) is 21.9. The second kappa shape index (κ2) is 31.0. The summed E-state index contributed by atoms with van der Waals surface area (Å²) in [4.78, 5) is 12.7. The smallest absolute Gasteiger partial charge is 0.397 e. The van der Waals surface area contributed by atoms with Crippen molar-refractivity contribution in [3.8, 4) is 0 Å². The van der Waals surface area contributed by atoms with Crippen LogP contribution in [0.15, 0.2) is 24.3 Å². The molecule has 1 fully saturated rings. The molecule has 13 heteroatoms. The van der Waals surface area contributed by atoms with Crippen molar-refractivity contribution in [2.75, 3.05) is 26.4 Å². The lowest BCUT2D eigenvalue weighted by Crippen LogP contribution is -2.60. The average Bonchev–Trinajstić information content (AvgIpc) is 3.09. The number of carbonyl (C=O) groups excluding carboxylic acids is 1. The molecule has 0 aromatic heterocycles. The first-order valence-electron chi connectivity index (χ1n) is 19.6. The third-order valence-electron chi connectivity index (χ3n) is 8.78. The lowest BCUT2D eigenvalue weighted by molar-refractivity contribution is -0.301. The fourth-order valence-corrected chi connectivity index (χ4v) is 6.29. The number of aliphatic hydroxyl groups is 3. The van der Waals surface area contributed by atoms with E-state index in [1.807, 2.05) is 0 Å². The van der Waals surface area contributed by atoms with Crippen molar-refractivity contribution < 1.29 is 56.2 Å². The van der Waals surface area contributed by atoms with Gasteiger partial charge in [0.25, 0.3) is 0 Å². The van der Waals surface area contributed by atoms with Crippen molar-refractivity contribution in [2.45, 2.75) is 185 Å². The molecule has 6 unspecified atom stereocenters. The number of hydrogen-bond acceptors (Lipinski definition) is 11. The molecule has 1 heterocycles. The average molecular weight is 751 g/mol. The quantitative estimate of drug-likeness (QED) is 0.0236. The standard InChI is InChI=1S/C38H70O12S/c1-3-5-7-9-11-13-15-16-17-18-20-22-24-26-28-46-30-32(48-34(40)27-25-23-21-19-14-12-10-8-6-4-2)31-47-38-36(42)37(50-51(43,44)45)35(41)33(29-39)49-38/h8,10,13,15,32-33,35-39,41-42H,3-7,9,11-12,14,16-31H2,1-2H3,(H,43,44,45)/b10-8-,15-13-. The maximum absolute atomic E-state index is 12.7. The van der Waals surface area contributed by atoms with Crippen LogP contribution < -0.4 is 0 Å². The van der Waals surface area contributed by atoms with Crippen molar-refractivity contribution in [2.24, 2.45) is 0 Å². The maximum atomic E-state index is 12.7. The number of unbranched alkanes of at least 4 members (excludes halogenated alkanes) is 16. The Hall–Kier alpha value is -1.42. The minimum atomic E-state index is -5.06. The molecule has 0 bridgehead atoms. The van der Waals surface area contributed by atoms with E-state index in [9.17, 15) is 28.5 Å². The number of allylic oxidation sites excluding steroid dienone is 4. The van der Waals surface area contributed by atoms with Gasteiger partial charge in [0.1, 0.15) is 30.5 Å². The molecule has 0 amide bonds. The van der Waals surface area contributed by atoms with E-state index in [4.69, 9.17) is 23.5 Å². The fourth-order valence-electron chi connectivity index (χ4n) is 5.79. The van der Waals surface area contributed by atoms with E-state index >= 15 is 0 Å². The molecule has 0 radical (unpaired) electrons. The molecule has 0 spiro atoms.